The lowest BCUT2D eigenvalue weighted by molar-refractivity contribution is -0.142. The van der Waals surface area contributed by atoms with Crippen LogP contribution >= 0.6 is 27.5 Å². The summed E-state index contributed by atoms with van der Waals surface area (Å²) in [4.78, 5) is 27.3. The molecule has 0 spiro atoms. The second-order valence-electron chi connectivity index (χ2n) is 8.11. The van der Waals surface area contributed by atoms with E-state index in [1.54, 1.807) is 19.1 Å². The van der Waals surface area contributed by atoms with Gasteiger partial charge >= 0.3 is 0 Å². The molecule has 0 fully saturated rings. The zero-order valence-corrected chi connectivity index (χ0v) is 21.5. The number of benzene rings is 2. The lowest BCUT2D eigenvalue weighted by Crippen LogP contribution is -2.49. The Morgan fingerprint density at radius 3 is 2.53 bits per heavy atom. The summed E-state index contributed by atoms with van der Waals surface area (Å²) >= 11 is 9.64. The average molecular weight is 524 g/mol. The van der Waals surface area contributed by atoms with Crippen LogP contribution in [0.4, 0.5) is 0 Å². The smallest absolute Gasteiger partial charge is 0.261 e. The van der Waals surface area contributed by atoms with Crippen molar-refractivity contribution in [2.75, 3.05) is 13.2 Å². The number of unbranched alkanes of at least 4 members (excludes halogenated alkanes) is 1. The summed E-state index contributed by atoms with van der Waals surface area (Å²) in [7, 11) is 0. The minimum Gasteiger partial charge on any atom is -0.483 e. The molecule has 32 heavy (non-hydrogen) atoms. The summed E-state index contributed by atoms with van der Waals surface area (Å²) in [6.45, 7) is 8.71. The highest BCUT2D eigenvalue weighted by Crippen LogP contribution is 2.29. The largest absolute Gasteiger partial charge is 0.483 e. The lowest BCUT2D eigenvalue weighted by atomic mass is 10.0. The highest BCUT2D eigenvalue weighted by molar-refractivity contribution is 9.10. The fourth-order valence-electron chi connectivity index (χ4n) is 3.17. The van der Waals surface area contributed by atoms with E-state index in [2.05, 4.69) is 42.0 Å². The van der Waals surface area contributed by atoms with Crippen LogP contribution in [0.15, 0.2) is 46.9 Å². The molecular formula is C25H32BrClN2O3. The Balaban J connectivity index is 2.14. The SMILES string of the molecule is CCCCNC(=O)[C@@H](C)N(Cc1cccc(Cl)c1)C(=O)COc1ccc(C(C)C)cc1Br. The summed E-state index contributed by atoms with van der Waals surface area (Å²) in [5.41, 5.74) is 2.03. The van der Waals surface area contributed by atoms with Gasteiger partial charge in [-0.3, -0.25) is 9.59 Å². The first-order valence-corrected chi connectivity index (χ1v) is 12.1. The van der Waals surface area contributed by atoms with Gasteiger partial charge in [-0.25, -0.2) is 0 Å². The van der Waals surface area contributed by atoms with Gasteiger partial charge in [0.2, 0.25) is 5.91 Å². The third-order valence-electron chi connectivity index (χ3n) is 5.21. The molecule has 0 bridgehead atoms. The van der Waals surface area contributed by atoms with E-state index in [0.717, 1.165) is 22.9 Å². The monoisotopic (exact) mass is 522 g/mol. The number of carbonyl (C=O) groups excluding carboxylic acids is 2. The van der Waals surface area contributed by atoms with Gasteiger partial charge in [0.25, 0.3) is 5.91 Å². The molecule has 0 saturated heterocycles. The minimum atomic E-state index is -0.645. The molecule has 0 aliphatic heterocycles. The van der Waals surface area contributed by atoms with Gasteiger partial charge in [-0.15, -0.1) is 0 Å². The molecule has 1 N–H and O–H groups in total. The second-order valence-corrected chi connectivity index (χ2v) is 9.40. The fourth-order valence-corrected chi connectivity index (χ4v) is 3.89. The third-order valence-corrected chi connectivity index (χ3v) is 6.07. The van der Waals surface area contributed by atoms with Gasteiger partial charge in [-0.05, 0) is 70.6 Å². The molecule has 2 amide bonds. The Morgan fingerprint density at radius 1 is 1.16 bits per heavy atom. The number of halogens is 2. The summed E-state index contributed by atoms with van der Waals surface area (Å²) < 4.78 is 6.60. The summed E-state index contributed by atoms with van der Waals surface area (Å²) in [5, 5.41) is 3.49. The first kappa shape index (κ1) is 26.2. The molecule has 0 radical (unpaired) electrons. The molecular weight excluding hydrogens is 492 g/mol. The van der Waals surface area contributed by atoms with Gasteiger partial charge < -0.3 is 15.0 Å². The van der Waals surface area contributed by atoms with E-state index in [-0.39, 0.29) is 25.0 Å². The number of ether oxygens (including phenoxy) is 1. The Labute approximate surface area is 204 Å². The van der Waals surface area contributed by atoms with Gasteiger partial charge in [0.05, 0.1) is 4.47 Å². The molecule has 2 aromatic rings. The van der Waals surface area contributed by atoms with Crippen LogP contribution in [0.5, 0.6) is 5.75 Å². The molecule has 5 nitrogen and oxygen atoms in total. The quantitative estimate of drug-likeness (QED) is 0.371. The van der Waals surface area contributed by atoms with Crippen molar-refractivity contribution < 1.29 is 14.3 Å². The summed E-state index contributed by atoms with van der Waals surface area (Å²) in [5.74, 6) is 0.520. The van der Waals surface area contributed by atoms with E-state index in [1.165, 1.54) is 10.5 Å². The first-order valence-electron chi connectivity index (χ1n) is 11.0. The predicted octanol–water partition coefficient (Wildman–Crippen LogP) is 5.94. The maximum absolute atomic E-state index is 13.1. The van der Waals surface area contributed by atoms with Crippen molar-refractivity contribution in [3.05, 3.63) is 63.1 Å². The van der Waals surface area contributed by atoms with Crippen LogP contribution in [0.3, 0.4) is 0 Å². The van der Waals surface area contributed by atoms with Gasteiger partial charge in [-0.1, -0.05) is 57.0 Å². The van der Waals surface area contributed by atoms with E-state index in [1.807, 2.05) is 30.3 Å². The molecule has 174 valence electrons. The zero-order valence-electron chi connectivity index (χ0n) is 19.2. The first-order chi connectivity index (χ1) is 15.2. The number of hydrogen-bond donors (Lipinski definition) is 1. The van der Waals surface area contributed by atoms with Crippen LogP contribution in [0.2, 0.25) is 5.02 Å². The Morgan fingerprint density at radius 2 is 1.91 bits per heavy atom. The van der Waals surface area contributed by atoms with E-state index >= 15 is 0 Å². The van der Waals surface area contributed by atoms with Gasteiger partial charge in [-0.2, -0.15) is 0 Å². The number of carbonyl (C=O) groups is 2. The molecule has 0 aliphatic carbocycles. The van der Waals surface area contributed by atoms with Gasteiger partial charge in [0.1, 0.15) is 11.8 Å². The summed E-state index contributed by atoms with van der Waals surface area (Å²) in [6, 6.07) is 12.5. The third kappa shape index (κ3) is 7.82. The predicted molar refractivity (Wildman–Crippen MR) is 133 cm³/mol. The molecule has 0 aromatic heterocycles. The molecule has 7 heteroatoms. The molecule has 2 aromatic carbocycles. The number of amides is 2. The zero-order chi connectivity index (χ0) is 23.7. The van der Waals surface area contributed by atoms with Crippen molar-refractivity contribution in [1.82, 2.24) is 10.2 Å². The normalized spacial score (nSPS) is 11.8. The molecule has 1 atom stereocenters. The molecule has 0 unspecified atom stereocenters. The van der Waals surface area contributed by atoms with Gasteiger partial charge in [0.15, 0.2) is 6.61 Å². The summed E-state index contributed by atoms with van der Waals surface area (Å²) in [6.07, 6.45) is 1.88. The Hall–Kier alpha value is -2.05. The highest BCUT2D eigenvalue weighted by atomic mass is 79.9. The number of nitrogens with one attached hydrogen (secondary N) is 1. The van der Waals surface area contributed by atoms with Crippen LogP contribution in [0.25, 0.3) is 0 Å². The lowest BCUT2D eigenvalue weighted by Gasteiger charge is -2.29. The maximum atomic E-state index is 13.1. The number of hydrogen-bond acceptors (Lipinski definition) is 3. The van der Waals surface area contributed by atoms with Crippen molar-refractivity contribution in [3.8, 4) is 5.75 Å². The van der Waals surface area contributed by atoms with E-state index in [0.29, 0.717) is 23.2 Å². The maximum Gasteiger partial charge on any atom is 0.261 e. The molecule has 0 heterocycles. The van der Waals surface area contributed by atoms with Crippen molar-refractivity contribution in [2.24, 2.45) is 0 Å². The van der Waals surface area contributed by atoms with E-state index in [4.69, 9.17) is 16.3 Å². The molecule has 0 aliphatic rings. The Kier molecular flexibility index (Phi) is 10.5. The number of nitrogens with zero attached hydrogens (tertiary/aromatic N) is 1. The fraction of sp³-hybridized carbons (Fsp3) is 0.440. The van der Waals surface area contributed by atoms with Crippen LogP contribution in [-0.4, -0.2) is 35.9 Å². The van der Waals surface area contributed by atoms with Crippen molar-refractivity contribution in [3.63, 3.8) is 0 Å². The second kappa shape index (κ2) is 12.9. The van der Waals surface area contributed by atoms with Crippen LogP contribution in [0.1, 0.15) is 57.6 Å². The minimum absolute atomic E-state index is 0.174. The molecule has 2 rings (SSSR count). The van der Waals surface area contributed by atoms with Crippen molar-refractivity contribution in [2.45, 2.75) is 59.0 Å². The topological polar surface area (TPSA) is 58.6 Å². The van der Waals surface area contributed by atoms with Crippen molar-refractivity contribution in [1.29, 1.82) is 0 Å². The van der Waals surface area contributed by atoms with Crippen LogP contribution in [0, 0.1) is 0 Å². The Bertz CT molecular complexity index is 920. The van der Waals surface area contributed by atoms with Crippen LogP contribution in [-0.2, 0) is 16.1 Å². The van der Waals surface area contributed by atoms with Crippen molar-refractivity contribution >= 4 is 39.3 Å². The van der Waals surface area contributed by atoms with E-state index < -0.39 is 6.04 Å². The average Bonchev–Trinajstić information content (AvgIpc) is 2.76. The van der Waals surface area contributed by atoms with Gasteiger partial charge in [0, 0.05) is 18.1 Å². The highest BCUT2D eigenvalue weighted by Gasteiger charge is 2.26. The number of rotatable bonds is 11. The standard InChI is InChI=1S/C25H32BrClN2O3/c1-5-6-12-28-25(31)18(4)29(15-19-8-7-9-21(27)13-19)24(30)16-32-23-11-10-20(17(2)3)14-22(23)26/h7-11,13-14,17-18H,5-6,12,15-16H2,1-4H3,(H,28,31)/t18-/m1/s1. The van der Waals surface area contributed by atoms with E-state index in [9.17, 15) is 9.59 Å². The van der Waals surface area contributed by atoms with Crippen LogP contribution < -0.4 is 10.1 Å². The molecule has 0 saturated carbocycles.